The van der Waals surface area contributed by atoms with Gasteiger partial charge in [0.1, 0.15) is 0 Å². The molecule has 21 heavy (non-hydrogen) atoms. The summed E-state index contributed by atoms with van der Waals surface area (Å²) in [5, 5.41) is 0. The second-order valence-corrected chi connectivity index (χ2v) is 6.66. The van der Waals surface area contributed by atoms with Crippen LogP contribution < -0.4 is 4.72 Å². The number of benzene rings is 1. The molecule has 0 aliphatic heterocycles. The zero-order valence-electron chi connectivity index (χ0n) is 12.5. The summed E-state index contributed by atoms with van der Waals surface area (Å²) >= 11 is 0. The largest absolute Gasteiger partial charge is 0.345 e. The van der Waals surface area contributed by atoms with Crippen LogP contribution in [-0.4, -0.2) is 58.3 Å². The molecule has 1 rings (SSSR count). The maximum Gasteiger partial charge on any atom is 0.279 e. The van der Waals surface area contributed by atoms with E-state index in [4.69, 9.17) is 0 Å². The van der Waals surface area contributed by atoms with Crippen molar-refractivity contribution in [1.29, 1.82) is 0 Å². The number of carbonyl (C=O) groups is 1. The van der Waals surface area contributed by atoms with Crippen LogP contribution in [0.3, 0.4) is 0 Å². The SMILES string of the molecule is CN(C)C(=O)c1ccc(C#CCNS(=O)(=O)N(C)C)cc1. The fraction of sp³-hybridized carbons (Fsp3) is 0.357. The lowest BCUT2D eigenvalue weighted by Gasteiger charge is -2.10. The molecule has 1 aromatic rings. The maximum absolute atomic E-state index is 11.7. The molecule has 0 atom stereocenters. The lowest BCUT2D eigenvalue weighted by Crippen LogP contribution is -2.35. The van der Waals surface area contributed by atoms with Gasteiger partial charge >= 0.3 is 0 Å². The number of amides is 1. The highest BCUT2D eigenvalue weighted by atomic mass is 32.2. The second-order valence-electron chi connectivity index (χ2n) is 4.69. The number of nitrogens with one attached hydrogen (secondary N) is 1. The zero-order valence-corrected chi connectivity index (χ0v) is 13.4. The summed E-state index contributed by atoms with van der Waals surface area (Å²) in [6, 6.07) is 6.83. The van der Waals surface area contributed by atoms with Crippen molar-refractivity contribution in [2.75, 3.05) is 34.7 Å². The van der Waals surface area contributed by atoms with Crippen molar-refractivity contribution < 1.29 is 13.2 Å². The summed E-state index contributed by atoms with van der Waals surface area (Å²) < 4.78 is 26.3. The number of hydrogen-bond acceptors (Lipinski definition) is 3. The topological polar surface area (TPSA) is 69.7 Å². The molecule has 1 amide bonds. The fourth-order valence-electron chi connectivity index (χ4n) is 1.36. The number of rotatable bonds is 4. The van der Waals surface area contributed by atoms with E-state index in [2.05, 4.69) is 16.6 Å². The van der Waals surface area contributed by atoms with Gasteiger partial charge in [0.05, 0.1) is 6.54 Å². The third-order valence-corrected chi connectivity index (χ3v) is 4.07. The Bertz CT molecular complexity index is 653. The highest BCUT2D eigenvalue weighted by Crippen LogP contribution is 2.05. The van der Waals surface area contributed by atoms with Crippen molar-refractivity contribution in [3.05, 3.63) is 35.4 Å². The van der Waals surface area contributed by atoms with Gasteiger partial charge in [-0.1, -0.05) is 11.8 Å². The molecule has 7 heteroatoms. The van der Waals surface area contributed by atoms with Crippen LogP contribution >= 0.6 is 0 Å². The highest BCUT2D eigenvalue weighted by Gasteiger charge is 2.10. The number of carbonyl (C=O) groups excluding carboxylic acids is 1. The molecular weight excluding hydrogens is 290 g/mol. The smallest absolute Gasteiger partial charge is 0.279 e. The van der Waals surface area contributed by atoms with Gasteiger partial charge in [0.15, 0.2) is 0 Å². The van der Waals surface area contributed by atoms with Crippen LogP contribution in [-0.2, 0) is 10.2 Å². The third kappa shape index (κ3) is 5.19. The minimum atomic E-state index is -3.45. The van der Waals surface area contributed by atoms with Crippen LogP contribution in [0, 0.1) is 11.8 Å². The van der Waals surface area contributed by atoms with Gasteiger partial charge in [-0.3, -0.25) is 4.79 Å². The molecule has 0 radical (unpaired) electrons. The van der Waals surface area contributed by atoms with Crippen LogP contribution in [0.5, 0.6) is 0 Å². The lowest BCUT2D eigenvalue weighted by atomic mass is 10.1. The monoisotopic (exact) mass is 309 g/mol. The van der Waals surface area contributed by atoms with E-state index in [1.54, 1.807) is 38.4 Å². The molecule has 0 aliphatic carbocycles. The van der Waals surface area contributed by atoms with E-state index >= 15 is 0 Å². The molecule has 6 nitrogen and oxygen atoms in total. The van der Waals surface area contributed by atoms with E-state index in [9.17, 15) is 13.2 Å². The van der Waals surface area contributed by atoms with Crippen LogP contribution in [0.1, 0.15) is 15.9 Å². The van der Waals surface area contributed by atoms with Gasteiger partial charge in [-0.2, -0.15) is 17.4 Å². The first-order valence-corrected chi connectivity index (χ1v) is 7.66. The van der Waals surface area contributed by atoms with Crippen molar-refractivity contribution >= 4 is 16.1 Å². The first-order chi connectivity index (χ1) is 9.74. The average molecular weight is 309 g/mol. The summed E-state index contributed by atoms with van der Waals surface area (Å²) in [6.45, 7) is 0.0267. The third-order valence-electron chi connectivity index (χ3n) is 2.59. The van der Waals surface area contributed by atoms with Gasteiger partial charge < -0.3 is 4.90 Å². The molecule has 0 unspecified atom stereocenters. The fourth-order valence-corrected chi connectivity index (χ4v) is 1.87. The molecule has 0 aromatic heterocycles. The van der Waals surface area contributed by atoms with Gasteiger partial charge in [-0.05, 0) is 24.3 Å². The Morgan fingerprint density at radius 1 is 1.14 bits per heavy atom. The summed E-state index contributed by atoms with van der Waals surface area (Å²) in [4.78, 5) is 13.2. The first-order valence-electron chi connectivity index (χ1n) is 6.22. The highest BCUT2D eigenvalue weighted by molar-refractivity contribution is 7.87. The molecule has 0 fully saturated rings. The molecule has 0 spiro atoms. The standard InChI is InChI=1S/C14H19N3O3S/c1-16(2)14(18)13-9-7-12(8-10-13)6-5-11-15-21(19,20)17(3)4/h7-10,15H,11H2,1-4H3. The van der Waals surface area contributed by atoms with E-state index in [1.165, 1.54) is 19.0 Å². The van der Waals surface area contributed by atoms with Gasteiger partial charge in [0.2, 0.25) is 0 Å². The minimum Gasteiger partial charge on any atom is -0.345 e. The van der Waals surface area contributed by atoms with E-state index in [0.717, 1.165) is 4.31 Å². The molecule has 0 bridgehead atoms. The molecule has 0 aliphatic rings. The van der Waals surface area contributed by atoms with Crippen LogP contribution in [0.2, 0.25) is 0 Å². The molecule has 0 saturated heterocycles. The van der Waals surface area contributed by atoms with Crippen LogP contribution in [0.4, 0.5) is 0 Å². The molecule has 0 heterocycles. The normalized spacial score (nSPS) is 10.9. The van der Waals surface area contributed by atoms with E-state index in [-0.39, 0.29) is 12.5 Å². The van der Waals surface area contributed by atoms with Gasteiger partial charge in [0.25, 0.3) is 16.1 Å². The van der Waals surface area contributed by atoms with Crippen molar-refractivity contribution in [2.45, 2.75) is 0 Å². The Labute approximate surface area is 125 Å². The first kappa shape index (κ1) is 17.2. The second kappa shape index (κ2) is 7.22. The van der Waals surface area contributed by atoms with Gasteiger partial charge in [0, 0.05) is 39.3 Å². The van der Waals surface area contributed by atoms with Crippen molar-refractivity contribution in [3.8, 4) is 11.8 Å². The Balaban J connectivity index is 2.66. The van der Waals surface area contributed by atoms with Crippen molar-refractivity contribution in [1.82, 2.24) is 13.9 Å². The van der Waals surface area contributed by atoms with Crippen molar-refractivity contribution in [3.63, 3.8) is 0 Å². The van der Waals surface area contributed by atoms with Gasteiger partial charge in [-0.25, -0.2) is 0 Å². The molecular formula is C14H19N3O3S. The van der Waals surface area contributed by atoms with E-state index in [1.807, 2.05) is 0 Å². The van der Waals surface area contributed by atoms with E-state index in [0.29, 0.717) is 11.1 Å². The Morgan fingerprint density at radius 2 is 1.71 bits per heavy atom. The summed E-state index contributed by atoms with van der Waals surface area (Å²) in [7, 11) is 2.81. The number of nitrogens with zero attached hydrogens (tertiary/aromatic N) is 2. The van der Waals surface area contributed by atoms with Gasteiger partial charge in [-0.15, -0.1) is 0 Å². The minimum absolute atomic E-state index is 0.0267. The summed E-state index contributed by atoms with van der Waals surface area (Å²) in [6.07, 6.45) is 0. The Kier molecular flexibility index (Phi) is 5.90. The quantitative estimate of drug-likeness (QED) is 0.804. The average Bonchev–Trinajstić information content (AvgIpc) is 2.43. The molecule has 0 saturated carbocycles. The predicted octanol–water partition coefficient (Wildman–Crippen LogP) is 0.136. The van der Waals surface area contributed by atoms with E-state index < -0.39 is 10.2 Å². The summed E-state index contributed by atoms with van der Waals surface area (Å²) in [5.74, 6) is 5.48. The number of hydrogen-bond donors (Lipinski definition) is 1. The Hall–Kier alpha value is -1.88. The molecule has 1 N–H and O–H groups in total. The van der Waals surface area contributed by atoms with Crippen LogP contribution in [0.25, 0.3) is 0 Å². The summed E-state index contributed by atoms with van der Waals surface area (Å²) in [5.41, 5.74) is 1.30. The predicted molar refractivity (Wildman–Crippen MR) is 81.9 cm³/mol. The lowest BCUT2D eigenvalue weighted by molar-refractivity contribution is 0.0827. The zero-order chi connectivity index (χ0) is 16.0. The molecule has 114 valence electrons. The van der Waals surface area contributed by atoms with Crippen LogP contribution in [0.15, 0.2) is 24.3 Å². The van der Waals surface area contributed by atoms with Crippen molar-refractivity contribution in [2.24, 2.45) is 0 Å². The Morgan fingerprint density at radius 3 is 2.19 bits per heavy atom. The maximum atomic E-state index is 11.7. The molecule has 1 aromatic carbocycles.